The number of rotatable bonds is 11. The molecule has 7 aliphatic rings. The molecule has 340 valence electrons. The van der Waals surface area contributed by atoms with Crippen LogP contribution < -0.4 is 20.9 Å². The van der Waals surface area contributed by atoms with E-state index in [1.54, 1.807) is 35.3 Å². The second-order valence-electron chi connectivity index (χ2n) is 19.4. The Bertz CT molecular complexity index is 2580. The minimum Gasteiger partial charge on any atom is -0.384 e. The molecule has 8 heterocycles. The number of amides is 5. The molecule has 0 radical (unpaired) electrons. The van der Waals surface area contributed by atoms with Gasteiger partial charge in [-0.15, -0.1) is 0 Å². The van der Waals surface area contributed by atoms with E-state index in [2.05, 4.69) is 35.8 Å². The summed E-state index contributed by atoms with van der Waals surface area (Å²) in [6.07, 6.45) is 11.1. The van der Waals surface area contributed by atoms with E-state index < -0.39 is 47.7 Å². The van der Waals surface area contributed by atoms with E-state index in [0.29, 0.717) is 47.0 Å². The second kappa shape index (κ2) is 16.5. The minimum atomic E-state index is -2.86. The molecule has 2 aliphatic carbocycles. The lowest BCUT2D eigenvalue weighted by Crippen LogP contribution is -2.54. The molecule has 5 aliphatic heterocycles. The zero-order valence-corrected chi connectivity index (χ0v) is 36.0. The zero-order chi connectivity index (χ0) is 44.6. The molecule has 4 aromatic rings. The Morgan fingerprint density at radius 1 is 0.938 bits per heavy atom. The summed E-state index contributed by atoms with van der Waals surface area (Å²) >= 11 is 0. The van der Waals surface area contributed by atoms with E-state index >= 15 is 0 Å². The monoisotopic (exact) mass is 890 g/mol. The number of halogens is 2. The van der Waals surface area contributed by atoms with Gasteiger partial charge in [0.05, 0.1) is 52.7 Å². The molecule has 16 nitrogen and oxygen atoms in total. The number of alkyl halides is 2. The van der Waals surface area contributed by atoms with E-state index in [1.807, 2.05) is 12.1 Å². The fraction of sp³-hybridized carbons (Fsp3) is 0.532. The Balaban J connectivity index is 0.651. The summed E-state index contributed by atoms with van der Waals surface area (Å²) in [4.78, 5) is 79.6. The summed E-state index contributed by atoms with van der Waals surface area (Å²) in [5.41, 5.74) is 1.70. The Labute approximate surface area is 373 Å². The van der Waals surface area contributed by atoms with E-state index in [-0.39, 0.29) is 53.4 Å². The van der Waals surface area contributed by atoms with Crippen molar-refractivity contribution >= 4 is 57.6 Å². The van der Waals surface area contributed by atoms with E-state index in [4.69, 9.17) is 9.72 Å². The van der Waals surface area contributed by atoms with Crippen molar-refractivity contribution in [3.63, 3.8) is 0 Å². The SMILES string of the molecule is O=C1CCC(N2C(=O)c3cccc(NCC4CC5(CCN(CC6CCC(n7cc(NC(=O)c8cncc9ccc(N%10C[C@H]%11C[C@@H]%10CO%11)nc89)c(C(F)F)n7)CC6)CC5)C4)c3C2=O)C(=O)N1. The second-order valence-corrected chi connectivity index (χ2v) is 19.4. The first-order valence-electron chi connectivity index (χ1n) is 23.1. The van der Waals surface area contributed by atoms with E-state index in [9.17, 15) is 32.8 Å². The van der Waals surface area contributed by atoms with Gasteiger partial charge in [0.2, 0.25) is 11.8 Å². The predicted molar refractivity (Wildman–Crippen MR) is 234 cm³/mol. The number of fused-ring (bicyclic) bond motifs is 4. The van der Waals surface area contributed by atoms with Crippen LogP contribution in [-0.2, 0) is 14.3 Å². The molecule has 1 spiro atoms. The number of anilines is 3. The first-order valence-corrected chi connectivity index (χ1v) is 23.1. The summed E-state index contributed by atoms with van der Waals surface area (Å²) in [5.74, 6) is -0.889. The third-order valence-electron chi connectivity index (χ3n) is 15.4. The van der Waals surface area contributed by atoms with Crippen LogP contribution in [0.2, 0.25) is 0 Å². The smallest absolute Gasteiger partial charge is 0.284 e. The first kappa shape index (κ1) is 41.8. The van der Waals surface area contributed by atoms with Crippen molar-refractivity contribution in [3.8, 4) is 0 Å². The van der Waals surface area contributed by atoms with Crippen LogP contribution in [0.5, 0.6) is 0 Å². The molecule has 3 N–H and O–H groups in total. The standard InChI is InChI=1S/C47H52F2N10O6/c48-42(49)41-35(52-43(61)33-21-50-20-28-6-10-37(53-40(28)33)57-23-31-16-30(57)25-65-31)24-58(55-41)29-7-4-26(5-8-29)22-56-14-12-47(13-15-56)17-27(18-47)19-51-34-3-1-2-32-39(34)46(64)59(45(32)63)36-9-11-38(60)54-44(36)62/h1-3,6,10,20-21,24,26-27,29-31,36,42,51H,4-5,7-9,11-19,22-23,25H2,(H,52,61)(H,54,60,62)/t26?,29?,30-,31-,36?/m1/s1. The van der Waals surface area contributed by atoms with Crippen molar-refractivity contribution in [2.75, 3.05) is 54.9 Å². The normalized spacial score (nSPS) is 26.6. The topological polar surface area (TPSA) is 184 Å². The van der Waals surface area contributed by atoms with Gasteiger partial charge in [-0.1, -0.05) is 6.07 Å². The molecule has 2 bridgehead atoms. The number of ether oxygens (including phenoxy) is 1. The van der Waals surface area contributed by atoms with Crippen molar-refractivity contribution in [2.24, 2.45) is 17.3 Å². The Morgan fingerprint density at radius 2 is 1.75 bits per heavy atom. The zero-order valence-electron chi connectivity index (χ0n) is 36.0. The quantitative estimate of drug-likeness (QED) is 0.156. The van der Waals surface area contributed by atoms with Crippen LogP contribution in [0.3, 0.4) is 0 Å². The maximum absolute atomic E-state index is 14.4. The number of hydrogen-bond donors (Lipinski definition) is 3. The van der Waals surface area contributed by atoms with Crippen molar-refractivity contribution < 1.29 is 37.5 Å². The number of imide groups is 2. The molecular weight excluding hydrogens is 839 g/mol. The van der Waals surface area contributed by atoms with E-state index in [0.717, 1.165) is 94.7 Å². The average molecular weight is 891 g/mol. The summed E-state index contributed by atoms with van der Waals surface area (Å²) in [5, 5.41) is 13.4. The highest BCUT2D eigenvalue weighted by Crippen LogP contribution is 2.53. The molecule has 5 amide bonds. The van der Waals surface area contributed by atoms with Crippen LogP contribution in [0.15, 0.2) is 48.9 Å². The number of aromatic nitrogens is 4. The first-order chi connectivity index (χ1) is 31.5. The Hall–Kier alpha value is -5.88. The van der Waals surface area contributed by atoms with Crippen molar-refractivity contribution in [1.29, 1.82) is 0 Å². The largest absolute Gasteiger partial charge is 0.384 e. The number of piperidine rings is 2. The molecule has 1 aromatic carbocycles. The molecular formula is C47H52F2N10O6. The number of pyridine rings is 2. The molecule has 3 aromatic heterocycles. The number of morpholine rings is 1. The van der Waals surface area contributed by atoms with Gasteiger partial charge >= 0.3 is 0 Å². The van der Waals surface area contributed by atoms with Gasteiger partial charge in [-0.2, -0.15) is 5.10 Å². The van der Waals surface area contributed by atoms with Crippen molar-refractivity contribution in [3.05, 3.63) is 71.3 Å². The lowest BCUT2D eigenvalue weighted by molar-refractivity contribution is -0.136. The number of likely N-dealkylation sites (tertiary alicyclic amines) is 1. The molecule has 6 fully saturated rings. The summed E-state index contributed by atoms with van der Waals surface area (Å²) in [7, 11) is 0. The van der Waals surface area contributed by atoms with E-state index in [1.165, 1.54) is 6.20 Å². The van der Waals surface area contributed by atoms with Gasteiger partial charge in [0.15, 0.2) is 5.69 Å². The fourth-order valence-electron chi connectivity index (χ4n) is 11.9. The number of carbonyl (C=O) groups is 5. The van der Waals surface area contributed by atoms with Gasteiger partial charge in [-0.25, -0.2) is 13.8 Å². The lowest BCUT2D eigenvalue weighted by Gasteiger charge is -2.53. The van der Waals surface area contributed by atoms with Crippen LogP contribution in [0.25, 0.3) is 10.9 Å². The molecule has 11 rings (SSSR count). The summed E-state index contributed by atoms with van der Waals surface area (Å²) < 4.78 is 36.1. The number of nitrogens with one attached hydrogen (secondary N) is 3. The number of benzene rings is 1. The van der Waals surface area contributed by atoms with Crippen LogP contribution in [0, 0.1) is 17.3 Å². The predicted octanol–water partition coefficient (Wildman–Crippen LogP) is 5.73. The Morgan fingerprint density at radius 3 is 2.49 bits per heavy atom. The van der Waals surface area contributed by atoms with Gasteiger partial charge in [0.1, 0.15) is 11.9 Å². The third-order valence-corrected chi connectivity index (χ3v) is 15.4. The van der Waals surface area contributed by atoms with Crippen LogP contribution in [-0.4, -0.2) is 117 Å². The maximum atomic E-state index is 14.4. The van der Waals surface area contributed by atoms with Crippen LogP contribution in [0.4, 0.5) is 26.0 Å². The number of hydrogen-bond acceptors (Lipinski definition) is 12. The molecule has 65 heavy (non-hydrogen) atoms. The molecule has 3 atom stereocenters. The van der Waals surface area contributed by atoms with Gasteiger partial charge in [-0.05, 0) is 119 Å². The molecule has 2 saturated carbocycles. The Kier molecular flexibility index (Phi) is 10.6. The molecule has 18 heteroatoms. The van der Waals surface area contributed by atoms with Gasteiger partial charge in [0.25, 0.3) is 24.1 Å². The number of nitrogens with zero attached hydrogens (tertiary/aromatic N) is 7. The van der Waals surface area contributed by atoms with Crippen LogP contribution in [0.1, 0.15) is 120 Å². The summed E-state index contributed by atoms with van der Waals surface area (Å²) in [6.45, 7) is 5.16. The third kappa shape index (κ3) is 7.71. The highest BCUT2D eigenvalue weighted by molar-refractivity contribution is 6.25. The van der Waals surface area contributed by atoms with Crippen LogP contribution >= 0.6 is 0 Å². The van der Waals surface area contributed by atoms with Gasteiger partial charge in [-0.3, -0.25) is 43.9 Å². The van der Waals surface area contributed by atoms with Gasteiger partial charge in [0, 0.05) is 55.7 Å². The van der Waals surface area contributed by atoms with Gasteiger partial charge < -0.3 is 25.2 Å². The number of carbonyl (C=O) groups excluding carboxylic acids is 5. The highest BCUT2D eigenvalue weighted by atomic mass is 19.3. The fourth-order valence-corrected chi connectivity index (χ4v) is 11.9. The van der Waals surface area contributed by atoms with Crippen molar-refractivity contribution in [2.45, 2.75) is 101 Å². The van der Waals surface area contributed by atoms with Crippen molar-refractivity contribution in [1.82, 2.24) is 34.9 Å². The lowest BCUT2D eigenvalue weighted by atomic mass is 9.57. The highest BCUT2D eigenvalue weighted by Gasteiger charge is 2.48. The minimum absolute atomic E-state index is 0.000853. The molecule has 4 saturated heterocycles. The molecule has 1 unspecified atom stereocenters. The maximum Gasteiger partial charge on any atom is 0.284 e. The average Bonchev–Trinajstić information content (AvgIpc) is 4.10. The summed E-state index contributed by atoms with van der Waals surface area (Å²) in [6, 6.07) is 8.18.